The third-order valence-corrected chi connectivity index (χ3v) is 7.65. The Morgan fingerprint density at radius 2 is 1.97 bits per heavy atom. The number of hydrogen-bond donors (Lipinski definition) is 4. The smallest absolute Gasteiger partial charge is 0.412 e. The highest BCUT2D eigenvalue weighted by atomic mass is 35.5. The molecule has 2 atom stereocenters. The second kappa shape index (κ2) is 10.3. The number of likely N-dealkylation sites (tertiary alicyclic amines) is 1. The number of nitrogens with one attached hydrogen (secondary N) is 3. The minimum Gasteiger partial charge on any atom is -0.465 e. The molecule has 1 unspecified atom stereocenters. The first kappa shape index (κ1) is 26.1. The van der Waals surface area contributed by atoms with E-state index in [1.807, 2.05) is 0 Å². The minimum absolute atomic E-state index is 0.0541. The largest absolute Gasteiger partial charge is 0.465 e. The fourth-order valence-electron chi connectivity index (χ4n) is 5.15. The summed E-state index contributed by atoms with van der Waals surface area (Å²) in [5.74, 6) is -0.465. The number of amides is 4. The number of fused-ring (bicyclic) bond motifs is 2. The maximum absolute atomic E-state index is 13.8. The van der Waals surface area contributed by atoms with Crippen molar-refractivity contribution in [3.8, 4) is 0 Å². The van der Waals surface area contributed by atoms with Gasteiger partial charge < -0.3 is 20.1 Å². The summed E-state index contributed by atoms with van der Waals surface area (Å²) < 4.78 is 5.80. The second-order valence-corrected chi connectivity index (χ2v) is 10.7. The normalized spacial score (nSPS) is 21.1. The van der Waals surface area contributed by atoms with Crippen LogP contribution in [0.2, 0.25) is 10.0 Å². The molecule has 3 aliphatic rings. The average molecular weight is 561 g/mol. The molecule has 2 aromatic rings. The monoisotopic (exact) mass is 560 g/mol. The quantitative estimate of drug-likeness (QED) is 0.389. The van der Waals surface area contributed by atoms with Crippen molar-refractivity contribution in [3.63, 3.8) is 0 Å². The van der Waals surface area contributed by atoms with Gasteiger partial charge in [0.2, 0.25) is 5.91 Å². The van der Waals surface area contributed by atoms with Crippen LogP contribution in [0.15, 0.2) is 36.4 Å². The van der Waals surface area contributed by atoms with Crippen molar-refractivity contribution in [1.29, 1.82) is 0 Å². The molecule has 12 heteroatoms. The van der Waals surface area contributed by atoms with Crippen molar-refractivity contribution in [1.82, 2.24) is 10.2 Å². The van der Waals surface area contributed by atoms with Gasteiger partial charge in [0.15, 0.2) is 5.60 Å². The fourth-order valence-corrected chi connectivity index (χ4v) is 5.59. The van der Waals surface area contributed by atoms with Gasteiger partial charge in [-0.1, -0.05) is 36.0 Å². The summed E-state index contributed by atoms with van der Waals surface area (Å²) in [4.78, 5) is 51.8. The van der Waals surface area contributed by atoms with Gasteiger partial charge in [0, 0.05) is 22.8 Å². The van der Waals surface area contributed by atoms with Gasteiger partial charge in [-0.3, -0.25) is 20.2 Å². The topological polar surface area (TPSA) is 137 Å². The maximum atomic E-state index is 13.8. The second-order valence-electron chi connectivity index (χ2n) is 9.89. The third kappa shape index (κ3) is 5.51. The third-order valence-electron chi connectivity index (χ3n) is 7.10. The lowest BCUT2D eigenvalue weighted by Crippen LogP contribution is -2.57. The number of benzene rings is 2. The first-order valence-electron chi connectivity index (χ1n) is 12.3. The van der Waals surface area contributed by atoms with Crippen LogP contribution < -0.4 is 16.0 Å². The molecule has 1 spiro atoms. The van der Waals surface area contributed by atoms with E-state index in [2.05, 4.69) is 16.0 Å². The van der Waals surface area contributed by atoms with Crippen LogP contribution in [-0.2, 0) is 15.1 Å². The predicted molar refractivity (Wildman–Crippen MR) is 141 cm³/mol. The molecular weight excluding hydrogens is 535 g/mol. The van der Waals surface area contributed by atoms with Gasteiger partial charge in [-0.15, -0.1) is 0 Å². The molecule has 38 heavy (non-hydrogen) atoms. The van der Waals surface area contributed by atoms with E-state index in [9.17, 15) is 19.2 Å². The van der Waals surface area contributed by atoms with E-state index < -0.39 is 29.7 Å². The number of hydrogen-bond acceptors (Lipinski definition) is 5. The van der Waals surface area contributed by atoms with Gasteiger partial charge in [-0.2, -0.15) is 0 Å². The summed E-state index contributed by atoms with van der Waals surface area (Å²) in [5, 5.41) is 17.2. The summed E-state index contributed by atoms with van der Waals surface area (Å²) >= 11 is 12.5. The predicted octanol–water partition coefficient (Wildman–Crippen LogP) is 5.06. The van der Waals surface area contributed by atoms with Gasteiger partial charge >= 0.3 is 12.2 Å². The van der Waals surface area contributed by atoms with Gasteiger partial charge in [0.1, 0.15) is 6.04 Å². The van der Waals surface area contributed by atoms with Gasteiger partial charge in [-0.05, 0) is 61.6 Å². The highest BCUT2D eigenvalue weighted by Gasteiger charge is 2.47. The van der Waals surface area contributed by atoms with Crippen LogP contribution in [0.5, 0.6) is 0 Å². The summed E-state index contributed by atoms with van der Waals surface area (Å²) in [6, 6.07) is 8.53. The number of carbonyl (C=O) groups is 4. The number of anilines is 2. The Labute approximate surface area is 228 Å². The molecule has 4 amide bonds. The van der Waals surface area contributed by atoms with E-state index in [-0.39, 0.29) is 28.7 Å². The molecule has 2 heterocycles. The lowest BCUT2D eigenvalue weighted by molar-refractivity contribution is -0.141. The van der Waals surface area contributed by atoms with Crippen LogP contribution in [0.1, 0.15) is 48.0 Å². The van der Waals surface area contributed by atoms with Crippen LogP contribution in [0, 0.1) is 5.92 Å². The van der Waals surface area contributed by atoms with Gasteiger partial charge in [0.05, 0.1) is 22.8 Å². The minimum atomic E-state index is -1.25. The molecule has 2 aromatic carbocycles. The molecule has 2 aliphatic heterocycles. The molecule has 2 fully saturated rings. The SMILES string of the molecule is O=C(O)Nc1ccc(C(=O)N[C@@H](CC2CC2)C(=O)N2CCCC3(C2)OC(=O)Nc2ccc(Cl)cc23)c(Cl)c1. The molecule has 1 saturated carbocycles. The Balaban J connectivity index is 1.36. The number of ether oxygens (including phenoxy) is 1. The van der Waals surface area contributed by atoms with E-state index in [0.717, 1.165) is 12.8 Å². The van der Waals surface area contributed by atoms with Crippen molar-refractivity contribution in [3.05, 3.63) is 57.6 Å². The van der Waals surface area contributed by atoms with Crippen molar-refractivity contribution < 1.29 is 29.0 Å². The highest BCUT2D eigenvalue weighted by Crippen LogP contribution is 2.43. The molecule has 10 nitrogen and oxygen atoms in total. The molecule has 200 valence electrons. The Morgan fingerprint density at radius 3 is 2.68 bits per heavy atom. The molecule has 0 aromatic heterocycles. The van der Waals surface area contributed by atoms with Gasteiger partial charge in [0.25, 0.3) is 5.91 Å². The standard InChI is InChI=1S/C26H26Cl2N4O6/c27-15-4-7-20-18(11-15)26(38-25(37)31-20)8-1-9-32(13-26)23(34)21(10-14-2-3-14)30-22(33)17-6-5-16(12-19(17)28)29-24(35)36/h4-7,11-12,14,21,29H,1-3,8-10,13H2,(H,30,33)(H,31,37)(H,35,36)/t21-,26?/m0/s1. The van der Waals surface area contributed by atoms with Crippen molar-refractivity contribution in [2.24, 2.45) is 5.92 Å². The first-order valence-corrected chi connectivity index (χ1v) is 13.1. The zero-order valence-electron chi connectivity index (χ0n) is 20.3. The number of nitrogens with zero attached hydrogens (tertiary/aromatic N) is 1. The number of carbonyl (C=O) groups excluding carboxylic acids is 3. The summed E-state index contributed by atoms with van der Waals surface area (Å²) in [5.41, 5.74) is 0.619. The number of carboxylic acid groups (broad SMARTS) is 1. The molecule has 5 rings (SSSR count). The molecule has 1 saturated heterocycles. The van der Waals surface area contributed by atoms with Gasteiger partial charge in [-0.25, -0.2) is 9.59 Å². The van der Waals surface area contributed by atoms with Crippen molar-refractivity contribution in [2.75, 3.05) is 23.7 Å². The lowest BCUT2D eigenvalue weighted by atomic mass is 9.83. The van der Waals surface area contributed by atoms with Crippen LogP contribution in [-0.4, -0.2) is 53.1 Å². The molecule has 0 bridgehead atoms. The number of halogens is 2. The summed E-state index contributed by atoms with van der Waals surface area (Å²) in [6.45, 7) is 0.592. The number of piperidine rings is 1. The Morgan fingerprint density at radius 1 is 1.18 bits per heavy atom. The van der Waals surface area contributed by atoms with Crippen LogP contribution in [0.3, 0.4) is 0 Å². The average Bonchev–Trinajstić information content (AvgIpc) is 3.67. The maximum Gasteiger partial charge on any atom is 0.412 e. The summed E-state index contributed by atoms with van der Waals surface area (Å²) in [6.07, 6.45) is 1.73. The number of rotatable bonds is 6. The molecule has 1 aliphatic carbocycles. The van der Waals surface area contributed by atoms with Crippen LogP contribution >= 0.6 is 23.2 Å². The van der Waals surface area contributed by atoms with E-state index in [4.69, 9.17) is 33.0 Å². The molecule has 4 N–H and O–H groups in total. The van der Waals surface area contributed by atoms with Crippen LogP contribution in [0.25, 0.3) is 0 Å². The van der Waals surface area contributed by atoms with E-state index in [1.54, 1.807) is 23.1 Å². The lowest BCUT2D eigenvalue weighted by Gasteiger charge is -2.45. The Bertz CT molecular complexity index is 1320. The molecule has 0 radical (unpaired) electrons. The highest BCUT2D eigenvalue weighted by molar-refractivity contribution is 6.34. The zero-order chi connectivity index (χ0) is 27.0. The van der Waals surface area contributed by atoms with E-state index >= 15 is 0 Å². The Hall–Kier alpha value is -3.50. The Kier molecular flexibility index (Phi) is 7.11. The first-order chi connectivity index (χ1) is 18.1. The zero-order valence-corrected chi connectivity index (χ0v) is 21.8. The van der Waals surface area contributed by atoms with Crippen LogP contribution in [0.4, 0.5) is 21.0 Å². The van der Waals surface area contributed by atoms with E-state index in [0.29, 0.717) is 48.0 Å². The molecular formula is C26H26Cl2N4O6. The fraction of sp³-hybridized carbons (Fsp3) is 0.385. The van der Waals surface area contributed by atoms with Crippen molar-refractivity contribution >= 4 is 58.6 Å². The summed E-state index contributed by atoms with van der Waals surface area (Å²) in [7, 11) is 0. The van der Waals surface area contributed by atoms with Crippen molar-refractivity contribution in [2.45, 2.75) is 43.7 Å². The van der Waals surface area contributed by atoms with E-state index in [1.165, 1.54) is 18.2 Å².